The molecule has 2 N–H and O–H groups in total. The van der Waals surface area contributed by atoms with Gasteiger partial charge in [-0.05, 0) is 32.1 Å². The third kappa shape index (κ3) is 3.14. The Morgan fingerprint density at radius 1 is 1.25 bits per heavy atom. The van der Waals surface area contributed by atoms with E-state index in [9.17, 15) is 0 Å². The van der Waals surface area contributed by atoms with Gasteiger partial charge in [-0.1, -0.05) is 32.6 Å². The zero-order valence-corrected chi connectivity index (χ0v) is 8.60. The lowest BCUT2D eigenvalue weighted by atomic mass is 9.90. The molecule has 1 atom stereocenters. The summed E-state index contributed by atoms with van der Waals surface area (Å²) in [4.78, 5) is 0. The summed E-state index contributed by atoms with van der Waals surface area (Å²) in [6, 6.07) is 0. The Morgan fingerprint density at radius 2 is 1.92 bits per heavy atom. The Hall–Kier alpha value is -0.0400. The average molecular weight is 169 g/mol. The van der Waals surface area contributed by atoms with Crippen LogP contribution in [0.5, 0.6) is 0 Å². The predicted molar refractivity (Wildman–Crippen MR) is 54.1 cm³/mol. The van der Waals surface area contributed by atoms with Gasteiger partial charge in [0.1, 0.15) is 0 Å². The minimum absolute atomic E-state index is 0.160. The van der Waals surface area contributed by atoms with E-state index in [1.807, 2.05) is 0 Å². The van der Waals surface area contributed by atoms with E-state index < -0.39 is 0 Å². The van der Waals surface area contributed by atoms with Crippen molar-refractivity contribution in [3.63, 3.8) is 0 Å². The van der Waals surface area contributed by atoms with E-state index in [-0.39, 0.29) is 5.54 Å². The van der Waals surface area contributed by atoms with E-state index in [4.69, 9.17) is 5.73 Å². The molecular formula is C11H23N. The van der Waals surface area contributed by atoms with E-state index in [1.165, 1.54) is 44.9 Å². The van der Waals surface area contributed by atoms with Crippen LogP contribution in [0.25, 0.3) is 0 Å². The fourth-order valence-electron chi connectivity index (χ4n) is 1.88. The molecule has 0 bridgehead atoms. The van der Waals surface area contributed by atoms with Crippen LogP contribution in [0.3, 0.4) is 0 Å². The van der Waals surface area contributed by atoms with Crippen molar-refractivity contribution in [1.29, 1.82) is 0 Å². The number of nitrogens with two attached hydrogens (primary N) is 1. The SMILES string of the molecule is CCCCCCC(C)(N)C1CC1. The molecule has 1 nitrogen and oxygen atoms in total. The molecule has 0 heterocycles. The van der Waals surface area contributed by atoms with Crippen molar-refractivity contribution in [3.8, 4) is 0 Å². The first kappa shape index (κ1) is 10.0. The van der Waals surface area contributed by atoms with E-state index in [0.717, 1.165) is 5.92 Å². The maximum atomic E-state index is 6.20. The first-order valence-electron chi connectivity index (χ1n) is 5.45. The fraction of sp³-hybridized carbons (Fsp3) is 1.00. The van der Waals surface area contributed by atoms with Crippen molar-refractivity contribution in [2.24, 2.45) is 11.7 Å². The van der Waals surface area contributed by atoms with Crippen LogP contribution in [0.2, 0.25) is 0 Å². The van der Waals surface area contributed by atoms with Crippen LogP contribution in [0.15, 0.2) is 0 Å². The van der Waals surface area contributed by atoms with Crippen molar-refractivity contribution in [1.82, 2.24) is 0 Å². The smallest absolute Gasteiger partial charge is 0.0154 e. The quantitative estimate of drug-likeness (QED) is 0.607. The van der Waals surface area contributed by atoms with Crippen molar-refractivity contribution in [2.45, 2.75) is 64.3 Å². The zero-order valence-electron chi connectivity index (χ0n) is 8.60. The van der Waals surface area contributed by atoms with Crippen LogP contribution in [0.1, 0.15) is 58.8 Å². The van der Waals surface area contributed by atoms with Crippen molar-refractivity contribution in [2.75, 3.05) is 0 Å². The molecule has 1 heteroatoms. The van der Waals surface area contributed by atoms with Gasteiger partial charge in [0.05, 0.1) is 0 Å². The first-order chi connectivity index (χ1) is 5.67. The minimum atomic E-state index is 0.160. The third-order valence-electron chi connectivity index (χ3n) is 3.08. The van der Waals surface area contributed by atoms with Gasteiger partial charge in [-0.2, -0.15) is 0 Å². The summed E-state index contributed by atoms with van der Waals surface area (Å²) in [7, 11) is 0. The molecule has 1 fully saturated rings. The van der Waals surface area contributed by atoms with Crippen molar-refractivity contribution in [3.05, 3.63) is 0 Å². The molecule has 0 aromatic carbocycles. The molecule has 12 heavy (non-hydrogen) atoms. The summed E-state index contributed by atoms with van der Waals surface area (Å²) in [6.45, 7) is 4.49. The second-order valence-corrected chi connectivity index (χ2v) is 4.59. The van der Waals surface area contributed by atoms with Gasteiger partial charge in [-0.15, -0.1) is 0 Å². The maximum Gasteiger partial charge on any atom is 0.0154 e. The highest BCUT2D eigenvalue weighted by atomic mass is 14.8. The van der Waals surface area contributed by atoms with Gasteiger partial charge in [0.2, 0.25) is 0 Å². The first-order valence-corrected chi connectivity index (χ1v) is 5.45. The van der Waals surface area contributed by atoms with E-state index >= 15 is 0 Å². The minimum Gasteiger partial charge on any atom is -0.325 e. The number of rotatable bonds is 6. The molecule has 1 aliphatic rings. The number of hydrogen-bond donors (Lipinski definition) is 1. The van der Waals surface area contributed by atoms with Gasteiger partial charge in [-0.3, -0.25) is 0 Å². The average Bonchev–Trinajstić information content (AvgIpc) is 2.80. The maximum absolute atomic E-state index is 6.20. The summed E-state index contributed by atoms with van der Waals surface area (Å²) >= 11 is 0. The summed E-state index contributed by atoms with van der Waals surface area (Å²) in [5, 5.41) is 0. The highest BCUT2D eigenvalue weighted by Crippen LogP contribution is 2.40. The van der Waals surface area contributed by atoms with Crippen LogP contribution in [0, 0.1) is 5.92 Å². The zero-order chi connectivity index (χ0) is 9.03. The molecule has 0 aromatic heterocycles. The lowest BCUT2D eigenvalue weighted by Crippen LogP contribution is -2.38. The Bertz CT molecular complexity index is 125. The molecule has 0 radical (unpaired) electrons. The lowest BCUT2D eigenvalue weighted by molar-refractivity contribution is 0.361. The second-order valence-electron chi connectivity index (χ2n) is 4.59. The Kier molecular flexibility index (Phi) is 3.57. The Balaban J connectivity index is 2.04. The molecule has 0 saturated heterocycles. The van der Waals surface area contributed by atoms with Crippen LogP contribution in [0.4, 0.5) is 0 Å². The predicted octanol–water partition coefficient (Wildman–Crippen LogP) is 3.08. The van der Waals surface area contributed by atoms with Crippen LogP contribution in [-0.4, -0.2) is 5.54 Å². The Morgan fingerprint density at radius 3 is 2.42 bits per heavy atom. The highest BCUT2D eigenvalue weighted by molar-refractivity contribution is 4.94. The van der Waals surface area contributed by atoms with E-state index in [1.54, 1.807) is 0 Å². The fourth-order valence-corrected chi connectivity index (χ4v) is 1.88. The topological polar surface area (TPSA) is 26.0 Å². The number of hydrogen-bond acceptors (Lipinski definition) is 1. The summed E-state index contributed by atoms with van der Waals surface area (Å²) in [5.41, 5.74) is 6.36. The van der Waals surface area contributed by atoms with E-state index in [0.29, 0.717) is 0 Å². The van der Waals surface area contributed by atoms with Crippen LogP contribution >= 0.6 is 0 Å². The molecule has 1 rings (SSSR count). The molecule has 0 aliphatic heterocycles. The largest absolute Gasteiger partial charge is 0.325 e. The van der Waals surface area contributed by atoms with Gasteiger partial charge in [-0.25, -0.2) is 0 Å². The highest BCUT2D eigenvalue weighted by Gasteiger charge is 2.37. The standard InChI is InChI=1S/C11H23N/c1-3-4-5-6-9-11(2,12)10-7-8-10/h10H,3-9,12H2,1-2H3. The molecule has 72 valence electrons. The van der Waals surface area contributed by atoms with E-state index in [2.05, 4.69) is 13.8 Å². The summed E-state index contributed by atoms with van der Waals surface area (Å²) < 4.78 is 0. The molecule has 1 aliphatic carbocycles. The van der Waals surface area contributed by atoms with Gasteiger partial charge in [0.15, 0.2) is 0 Å². The third-order valence-corrected chi connectivity index (χ3v) is 3.08. The number of unbranched alkanes of at least 4 members (excludes halogenated alkanes) is 3. The normalized spacial score (nSPS) is 22.2. The van der Waals surface area contributed by atoms with Crippen LogP contribution in [-0.2, 0) is 0 Å². The van der Waals surface area contributed by atoms with Gasteiger partial charge < -0.3 is 5.73 Å². The summed E-state index contributed by atoms with van der Waals surface area (Å²) in [6.07, 6.45) is 9.39. The van der Waals surface area contributed by atoms with Gasteiger partial charge in [0, 0.05) is 5.54 Å². The summed E-state index contributed by atoms with van der Waals surface area (Å²) in [5.74, 6) is 0.846. The van der Waals surface area contributed by atoms with Crippen LogP contribution < -0.4 is 5.73 Å². The monoisotopic (exact) mass is 169 g/mol. The van der Waals surface area contributed by atoms with Crippen molar-refractivity contribution >= 4 is 0 Å². The molecule has 0 spiro atoms. The van der Waals surface area contributed by atoms with Gasteiger partial charge in [0.25, 0.3) is 0 Å². The Labute approximate surface area is 76.7 Å². The lowest BCUT2D eigenvalue weighted by Gasteiger charge is -2.24. The molecule has 0 aromatic rings. The molecule has 1 unspecified atom stereocenters. The van der Waals surface area contributed by atoms with Crippen molar-refractivity contribution < 1.29 is 0 Å². The second kappa shape index (κ2) is 4.27. The molecule has 1 saturated carbocycles. The molecule has 0 amide bonds. The van der Waals surface area contributed by atoms with Gasteiger partial charge >= 0.3 is 0 Å². The molecular weight excluding hydrogens is 146 g/mol.